The van der Waals surface area contributed by atoms with Gasteiger partial charge in [-0.25, -0.2) is 0 Å². The molecule has 1 aliphatic carbocycles. The highest BCUT2D eigenvalue weighted by molar-refractivity contribution is 5.89. The number of ketones is 1. The molecule has 0 aromatic heterocycles. The van der Waals surface area contributed by atoms with E-state index in [1.54, 1.807) is 4.90 Å². The number of carbonyl (C=O) groups is 3. The quantitative estimate of drug-likeness (QED) is 0.519. The number of amides is 1. The maximum atomic E-state index is 13.3. The molecule has 33 heavy (non-hydrogen) atoms. The zero-order valence-corrected chi connectivity index (χ0v) is 19.1. The predicted molar refractivity (Wildman–Crippen MR) is 123 cm³/mol. The Hall–Kier alpha value is -3.19. The van der Waals surface area contributed by atoms with Crippen molar-refractivity contribution in [3.8, 4) is 11.5 Å². The van der Waals surface area contributed by atoms with E-state index in [1.165, 1.54) is 7.11 Å². The smallest absolute Gasteiger partial charge is 0.303 e. The molecule has 0 radical (unpaired) electrons. The summed E-state index contributed by atoms with van der Waals surface area (Å²) < 4.78 is 10.7. The first-order chi connectivity index (χ1) is 15.9. The molecule has 0 aliphatic heterocycles. The molecule has 0 saturated heterocycles. The number of hydrogen-bond donors (Lipinski definition) is 1. The lowest BCUT2D eigenvalue weighted by molar-refractivity contribution is -0.154. The third kappa shape index (κ3) is 6.42. The van der Waals surface area contributed by atoms with E-state index in [4.69, 9.17) is 9.47 Å². The van der Waals surface area contributed by atoms with Gasteiger partial charge in [0.1, 0.15) is 18.1 Å². The minimum atomic E-state index is -0.997. The van der Waals surface area contributed by atoms with Gasteiger partial charge in [-0.1, -0.05) is 37.3 Å². The number of methoxy groups -OCH3 is 1. The lowest BCUT2D eigenvalue weighted by Crippen LogP contribution is -2.51. The lowest BCUT2D eigenvalue weighted by Gasteiger charge is -2.44. The molecule has 1 aliphatic rings. The van der Waals surface area contributed by atoms with Crippen LogP contribution in [0.15, 0.2) is 54.6 Å². The highest BCUT2D eigenvalue weighted by atomic mass is 16.5. The van der Waals surface area contributed by atoms with E-state index in [2.05, 4.69) is 0 Å². The standard InChI is InChI=1S/C26H31NO6/c1-3-13-27(16-18-9-11-20(12-10-18)33-19-7-5-4-6-8-19)26(31)23-14-22(24(28)17-32-2)21(23)15-25(29)30/h4-12,21-23H,3,13-17H2,1-2H3,(H,29,30). The monoisotopic (exact) mass is 453 g/mol. The number of benzene rings is 2. The fourth-order valence-corrected chi connectivity index (χ4v) is 4.38. The van der Waals surface area contributed by atoms with E-state index in [1.807, 2.05) is 61.5 Å². The van der Waals surface area contributed by atoms with Crippen molar-refractivity contribution >= 4 is 17.7 Å². The first kappa shape index (κ1) is 24.5. The SMILES string of the molecule is CCCN(Cc1ccc(Oc2ccccc2)cc1)C(=O)C1CC(C(=O)COC)C1CC(=O)O. The lowest BCUT2D eigenvalue weighted by atomic mass is 9.61. The van der Waals surface area contributed by atoms with Crippen LogP contribution < -0.4 is 4.74 Å². The Morgan fingerprint density at radius 1 is 1.00 bits per heavy atom. The van der Waals surface area contributed by atoms with Gasteiger partial charge < -0.3 is 19.5 Å². The number of Topliss-reactive ketones (excluding diaryl/α,β-unsaturated/α-hetero) is 1. The highest BCUT2D eigenvalue weighted by Gasteiger charge is 2.50. The van der Waals surface area contributed by atoms with E-state index in [0.29, 0.717) is 25.3 Å². The minimum absolute atomic E-state index is 0.0578. The number of rotatable bonds is 12. The molecule has 0 spiro atoms. The Morgan fingerprint density at radius 2 is 1.67 bits per heavy atom. The Kier molecular flexibility index (Phi) is 8.60. The van der Waals surface area contributed by atoms with Crippen molar-refractivity contribution in [3.63, 3.8) is 0 Å². The summed E-state index contributed by atoms with van der Waals surface area (Å²) >= 11 is 0. The van der Waals surface area contributed by atoms with Crippen LogP contribution in [-0.4, -0.2) is 47.9 Å². The van der Waals surface area contributed by atoms with Crippen molar-refractivity contribution in [2.75, 3.05) is 20.3 Å². The molecule has 1 amide bonds. The summed E-state index contributed by atoms with van der Waals surface area (Å²) in [5.41, 5.74) is 0.957. The molecular weight excluding hydrogens is 422 g/mol. The third-order valence-electron chi connectivity index (χ3n) is 6.05. The summed E-state index contributed by atoms with van der Waals surface area (Å²) in [4.78, 5) is 38.7. The van der Waals surface area contributed by atoms with Crippen LogP contribution in [0.1, 0.15) is 31.7 Å². The van der Waals surface area contributed by atoms with Crippen molar-refractivity contribution in [3.05, 3.63) is 60.2 Å². The van der Waals surface area contributed by atoms with Crippen LogP contribution in [0.5, 0.6) is 11.5 Å². The van der Waals surface area contributed by atoms with Crippen molar-refractivity contribution in [1.29, 1.82) is 0 Å². The van der Waals surface area contributed by atoms with Crippen LogP contribution in [0.25, 0.3) is 0 Å². The Balaban J connectivity index is 1.67. The van der Waals surface area contributed by atoms with Gasteiger partial charge in [-0.3, -0.25) is 14.4 Å². The Morgan fingerprint density at radius 3 is 2.27 bits per heavy atom. The second-order valence-corrected chi connectivity index (χ2v) is 8.43. The molecule has 7 nitrogen and oxygen atoms in total. The van der Waals surface area contributed by atoms with Crippen LogP contribution in [0.2, 0.25) is 0 Å². The molecule has 2 aromatic rings. The summed E-state index contributed by atoms with van der Waals surface area (Å²) in [5.74, 6) is -1.15. The molecule has 176 valence electrons. The zero-order chi connectivity index (χ0) is 23.8. The predicted octanol–water partition coefficient (Wildman–Crippen LogP) is 4.16. The molecule has 1 saturated carbocycles. The Bertz CT molecular complexity index is 943. The van der Waals surface area contributed by atoms with Crippen molar-refractivity contribution in [2.45, 2.75) is 32.7 Å². The molecule has 2 aromatic carbocycles. The van der Waals surface area contributed by atoms with Crippen LogP contribution in [0, 0.1) is 17.8 Å². The number of carboxylic acid groups (broad SMARTS) is 1. The fourth-order valence-electron chi connectivity index (χ4n) is 4.38. The molecule has 3 rings (SSSR count). The number of nitrogens with zero attached hydrogens (tertiary/aromatic N) is 1. The molecular formula is C26H31NO6. The minimum Gasteiger partial charge on any atom is -0.481 e. The number of para-hydroxylation sites is 1. The van der Waals surface area contributed by atoms with Crippen molar-refractivity contribution in [1.82, 2.24) is 4.90 Å². The van der Waals surface area contributed by atoms with Gasteiger partial charge >= 0.3 is 5.97 Å². The van der Waals surface area contributed by atoms with Crippen molar-refractivity contribution in [2.24, 2.45) is 17.8 Å². The van der Waals surface area contributed by atoms with E-state index in [0.717, 1.165) is 17.7 Å². The van der Waals surface area contributed by atoms with Gasteiger partial charge in [0.25, 0.3) is 0 Å². The summed E-state index contributed by atoms with van der Waals surface area (Å²) in [6.45, 7) is 2.93. The molecule has 3 atom stereocenters. The number of ether oxygens (including phenoxy) is 2. The average molecular weight is 454 g/mol. The van der Waals surface area contributed by atoms with Crippen LogP contribution in [-0.2, 0) is 25.7 Å². The first-order valence-corrected chi connectivity index (χ1v) is 11.3. The third-order valence-corrected chi connectivity index (χ3v) is 6.05. The summed E-state index contributed by atoms with van der Waals surface area (Å²) in [7, 11) is 1.44. The molecule has 7 heteroatoms. The molecule has 3 unspecified atom stereocenters. The van der Waals surface area contributed by atoms with Crippen LogP contribution >= 0.6 is 0 Å². The number of hydrogen-bond acceptors (Lipinski definition) is 5. The Labute approximate surface area is 194 Å². The van der Waals surface area contributed by atoms with Gasteiger partial charge in [0.15, 0.2) is 5.78 Å². The van der Waals surface area contributed by atoms with E-state index in [9.17, 15) is 19.5 Å². The van der Waals surface area contributed by atoms with Gasteiger partial charge in [0, 0.05) is 38.5 Å². The maximum absolute atomic E-state index is 13.3. The zero-order valence-electron chi connectivity index (χ0n) is 19.1. The highest BCUT2D eigenvalue weighted by Crippen LogP contribution is 2.44. The normalized spacial score (nSPS) is 19.4. The average Bonchev–Trinajstić information content (AvgIpc) is 2.78. The number of carbonyl (C=O) groups excluding carboxylic acids is 2. The summed E-state index contributed by atoms with van der Waals surface area (Å²) in [6.07, 6.45) is 0.967. The second-order valence-electron chi connectivity index (χ2n) is 8.43. The van der Waals surface area contributed by atoms with Gasteiger partial charge in [-0.2, -0.15) is 0 Å². The molecule has 0 heterocycles. The summed E-state index contributed by atoms with van der Waals surface area (Å²) in [5, 5.41) is 9.31. The second kappa shape index (κ2) is 11.6. The van der Waals surface area contributed by atoms with Gasteiger partial charge in [-0.15, -0.1) is 0 Å². The van der Waals surface area contributed by atoms with Crippen LogP contribution in [0.4, 0.5) is 0 Å². The van der Waals surface area contributed by atoms with Gasteiger partial charge in [-0.05, 0) is 48.6 Å². The largest absolute Gasteiger partial charge is 0.481 e. The van der Waals surface area contributed by atoms with E-state index in [-0.39, 0.29) is 24.7 Å². The van der Waals surface area contributed by atoms with Gasteiger partial charge in [0.05, 0.1) is 0 Å². The van der Waals surface area contributed by atoms with Crippen LogP contribution in [0.3, 0.4) is 0 Å². The molecule has 0 bridgehead atoms. The molecule has 1 fully saturated rings. The van der Waals surface area contributed by atoms with E-state index >= 15 is 0 Å². The number of carboxylic acids is 1. The van der Waals surface area contributed by atoms with E-state index < -0.39 is 23.7 Å². The van der Waals surface area contributed by atoms with Gasteiger partial charge in [0.2, 0.25) is 5.91 Å². The number of aliphatic carboxylic acids is 1. The maximum Gasteiger partial charge on any atom is 0.303 e. The molecule has 1 N–H and O–H groups in total. The van der Waals surface area contributed by atoms with Crippen molar-refractivity contribution < 1.29 is 29.0 Å². The fraction of sp³-hybridized carbons (Fsp3) is 0.423. The summed E-state index contributed by atoms with van der Waals surface area (Å²) in [6, 6.07) is 17.1. The first-order valence-electron chi connectivity index (χ1n) is 11.3. The topological polar surface area (TPSA) is 93.1 Å².